The molecule has 2 heterocycles. The van der Waals surface area contributed by atoms with Crippen molar-refractivity contribution in [3.63, 3.8) is 0 Å². The predicted octanol–water partition coefficient (Wildman–Crippen LogP) is 0.0442. The summed E-state index contributed by atoms with van der Waals surface area (Å²) in [6, 6.07) is 0. The van der Waals surface area contributed by atoms with E-state index >= 15 is 0 Å². The summed E-state index contributed by atoms with van der Waals surface area (Å²) in [5, 5.41) is 8.77. The number of anilines is 1. The van der Waals surface area contributed by atoms with Crippen molar-refractivity contribution in [3.05, 3.63) is 18.2 Å². The minimum Gasteiger partial charge on any atom is -0.396 e. The summed E-state index contributed by atoms with van der Waals surface area (Å²) in [5.41, 5.74) is 0. The Labute approximate surface area is 75.0 Å². The Hall–Kier alpha value is -1.23. The highest BCUT2D eigenvalue weighted by Gasteiger charge is 2.27. The van der Waals surface area contributed by atoms with Gasteiger partial charge in [-0.15, -0.1) is 0 Å². The van der Waals surface area contributed by atoms with Crippen LogP contribution in [0.2, 0.25) is 0 Å². The molecule has 70 valence electrons. The lowest BCUT2D eigenvalue weighted by molar-refractivity contribution is 0.199. The predicted molar refractivity (Wildman–Crippen MR) is 44.8 cm³/mol. The molecule has 1 aliphatic heterocycles. The lowest BCUT2D eigenvalue weighted by atomic mass is 10.0. The number of aliphatic hydroxyl groups excluding tert-OH is 1. The van der Waals surface area contributed by atoms with E-state index in [9.17, 15) is 4.39 Å². The second-order valence-electron chi connectivity index (χ2n) is 3.15. The van der Waals surface area contributed by atoms with Crippen LogP contribution in [0.3, 0.4) is 0 Å². The first kappa shape index (κ1) is 8.37. The Balaban J connectivity index is 1.99. The van der Waals surface area contributed by atoms with E-state index in [1.807, 2.05) is 4.90 Å². The number of halogens is 1. The van der Waals surface area contributed by atoms with E-state index in [0.29, 0.717) is 11.9 Å². The van der Waals surface area contributed by atoms with Crippen LogP contribution in [0, 0.1) is 11.7 Å². The molecule has 1 aromatic heterocycles. The maximum atomic E-state index is 12.4. The summed E-state index contributed by atoms with van der Waals surface area (Å²) in [6.07, 6.45) is 2.29. The fraction of sp³-hybridized carbons (Fsp3) is 0.500. The van der Waals surface area contributed by atoms with E-state index in [0.717, 1.165) is 25.5 Å². The molecule has 2 rings (SSSR count). The number of nitrogens with zero attached hydrogens (tertiary/aromatic N) is 3. The van der Waals surface area contributed by atoms with Crippen molar-refractivity contribution in [2.24, 2.45) is 5.92 Å². The zero-order chi connectivity index (χ0) is 9.26. The Kier molecular flexibility index (Phi) is 2.10. The number of aromatic nitrogens is 2. The molecule has 0 aromatic carbocycles. The van der Waals surface area contributed by atoms with Gasteiger partial charge in [0.1, 0.15) is 0 Å². The minimum absolute atomic E-state index is 0.192. The number of aliphatic hydroxyl groups is 1. The van der Waals surface area contributed by atoms with E-state index < -0.39 is 5.82 Å². The van der Waals surface area contributed by atoms with Gasteiger partial charge in [0.15, 0.2) is 5.82 Å². The fourth-order valence-corrected chi connectivity index (χ4v) is 1.32. The molecule has 0 saturated carbocycles. The monoisotopic (exact) mass is 183 g/mol. The molecule has 1 saturated heterocycles. The molecule has 5 heteroatoms. The smallest absolute Gasteiger partial charge is 0.225 e. The van der Waals surface area contributed by atoms with Gasteiger partial charge in [-0.3, -0.25) is 0 Å². The third-order valence-electron chi connectivity index (χ3n) is 2.10. The summed E-state index contributed by atoms with van der Waals surface area (Å²) in [7, 11) is 0. The van der Waals surface area contributed by atoms with Crippen molar-refractivity contribution in [2.75, 3.05) is 24.6 Å². The van der Waals surface area contributed by atoms with Gasteiger partial charge in [-0.25, -0.2) is 14.4 Å². The van der Waals surface area contributed by atoms with Gasteiger partial charge < -0.3 is 10.0 Å². The molecule has 1 aliphatic rings. The third kappa shape index (κ3) is 1.60. The van der Waals surface area contributed by atoms with Gasteiger partial charge in [-0.2, -0.15) is 0 Å². The molecular weight excluding hydrogens is 173 g/mol. The number of rotatable bonds is 2. The zero-order valence-corrected chi connectivity index (χ0v) is 7.02. The van der Waals surface area contributed by atoms with Crippen LogP contribution in [0.5, 0.6) is 0 Å². The highest BCUT2D eigenvalue weighted by Crippen LogP contribution is 2.19. The first-order valence-electron chi connectivity index (χ1n) is 4.13. The van der Waals surface area contributed by atoms with Gasteiger partial charge in [-0.1, -0.05) is 0 Å². The van der Waals surface area contributed by atoms with Gasteiger partial charge in [0.25, 0.3) is 0 Å². The van der Waals surface area contributed by atoms with Crippen LogP contribution in [0.15, 0.2) is 12.4 Å². The Morgan fingerprint density at radius 2 is 2.08 bits per heavy atom. The molecular formula is C8H10FN3O. The average molecular weight is 183 g/mol. The van der Waals surface area contributed by atoms with Crippen molar-refractivity contribution in [1.29, 1.82) is 0 Å². The lowest BCUT2D eigenvalue weighted by Crippen LogP contribution is -2.49. The minimum atomic E-state index is -0.428. The Morgan fingerprint density at radius 3 is 2.62 bits per heavy atom. The van der Waals surface area contributed by atoms with Crippen molar-refractivity contribution in [3.8, 4) is 0 Å². The van der Waals surface area contributed by atoms with E-state index in [1.54, 1.807) is 0 Å². The average Bonchev–Trinajstić information content (AvgIpc) is 2.06. The van der Waals surface area contributed by atoms with Gasteiger partial charge in [0, 0.05) is 25.6 Å². The van der Waals surface area contributed by atoms with Crippen LogP contribution in [0.1, 0.15) is 0 Å². The summed E-state index contributed by atoms with van der Waals surface area (Å²) < 4.78 is 12.4. The molecule has 0 spiro atoms. The molecule has 0 unspecified atom stereocenters. The molecule has 1 fully saturated rings. The SMILES string of the molecule is OCC1CN(c2ncc(F)cn2)C1. The summed E-state index contributed by atoms with van der Waals surface area (Å²) in [6.45, 7) is 1.70. The Bertz CT molecular complexity index is 284. The van der Waals surface area contributed by atoms with Crippen LogP contribution in [0.4, 0.5) is 10.3 Å². The van der Waals surface area contributed by atoms with Gasteiger partial charge in [-0.05, 0) is 0 Å². The first-order chi connectivity index (χ1) is 6.29. The molecule has 0 aliphatic carbocycles. The maximum Gasteiger partial charge on any atom is 0.225 e. The summed E-state index contributed by atoms with van der Waals surface area (Å²) in [5.74, 6) is 0.419. The van der Waals surface area contributed by atoms with Gasteiger partial charge in [0.05, 0.1) is 12.4 Å². The highest BCUT2D eigenvalue weighted by atomic mass is 19.1. The van der Waals surface area contributed by atoms with E-state index in [-0.39, 0.29) is 6.61 Å². The van der Waals surface area contributed by atoms with Crippen molar-refractivity contribution < 1.29 is 9.50 Å². The van der Waals surface area contributed by atoms with Crippen LogP contribution < -0.4 is 4.90 Å². The van der Waals surface area contributed by atoms with E-state index in [1.165, 1.54) is 0 Å². The fourth-order valence-electron chi connectivity index (χ4n) is 1.32. The molecule has 4 nitrogen and oxygen atoms in total. The van der Waals surface area contributed by atoms with Crippen LogP contribution in [-0.4, -0.2) is 34.8 Å². The molecule has 0 amide bonds. The first-order valence-corrected chi connectivity index (χ1v) is 4.13. The zero-order valence-electron chi connectivity index (χ0n) is 7.02. The standard InChI is InChI=1S/C8H10FN3O/c9-7-1-10-8(11-2-7)12-3-6(4-12)5-13/h1-2,6,13H,3-5H2. The van der Waals surface area contributed by atoms with Crippen molar-refractivity contribution >= 4 is 5.95 Å². The van der Waals surface area contributed by atoms with Crippen molar-refractivity contribution in [1.82, 2.24) is 9.97 Å². The van der Waals surface area contributed by atoms with Crippen LogP contribution >= 0.6 is 0 Å². The van der Waals surface area contributed by atoms with Crippen LogP contribution in [0.25, 0.3) is 0 Å². The summed E-state index contributed by atoms with van der Waals surface area (Å²) in [4.78, 5) is 9.56. The van der Waals surface area contributed by atoms with Gasteiger partial charge in [0.2, 0.25) is 5.95 Å². The topological polar surface area (TPSA) is 49.2 Å². The number of hydrogen-bond acceptors (Lipinski definition) is 4. The van der Waals surface area contributed by atoms with E-state index in [4.69, 9.17) is 5.11 Å². The highest BCUT2D eigenvalue weighted by molar-refractivity contribution is 5.32. The summed E-state index contributed by atoms with van der Waals surface area (Å²) >= 11 is 0. The molecule has 0 radical (unpaired) electrons. The quantitative estimate of drug-likeness (QED) is 0.703. The third-order valence-corrected chi connectivity index (χ3v) is 2.10. The number of hydrogen-bond donors (Lipinski definition) is 1. The largest absolute Gasteiger partial charge is 0.396 e. The lowest BCUT2D eigenvalue weighted by Gasteiger charge is -2.37. The molecule has 0 atom stereocenters. The maximum absolute atomic E-state index is 12.4. The second kappa shape index (κ2) is 3.26. The molecule has 1 N–H and O–H groups in total. The van der Waals surface area contributed by atoms with E-state index in [2.05, 4.69) is 9.97 Å². The van der Waals surface area contributed by atoms with Crippen molar-refractivity contribution in [2.45, 2.75) is 0 Å². The molecule has 0 bridgehead atoms. The molecule has 1 aromatic rings. The normalized spacial score (nSPS) is 17.2. The van der Waals surface area contributed by atoms with Gasteiger partial charge >= 0.3 is 0 Å². The second-order valence-corrected chi connectivity index (χ2v) is 3.15. The molecule has 13 heavy (non-hydrogen) atoms. The Morgan fingerprint density at radius 1 is 1.46 bits per heavy atom. The van der Waals surface area contributed by atoms with Crippen LogP contribution in [-0.2, 0) is 0 Å².